The Morgan fingerprint density at radius 2 is 1.67 bits per heavy atom. The van der Waals surface area contributed by atoms with Gasteiger partial charge in [0.2, 0.25) is 0 Å². The van der Waals surface area contributed by atoms with Crippen LogP contribution in [0.4, 0.5) is 0 Å². The first-order valence-corrected chi connectivity index (χ1v) is 4.39. The molecule has 5 N–H and O–H groups in total. The lowest BCUT2D eigenvalue weighted by Crippen LogP contribution is -2.59. The van der Waals surface area contributed by atoms with Gasteiger partial charge in [-0.1, -0.05) is 42.5 Å². The molecule has 0 spiro atoms. The molecule has 0 saturated carbocycles. The van der Waals surface area contributed by atoms with E-state index < -0.39 is 5.97 Å². The number of hydrogen-bond donors (Lipinski definition) is 2. The number of rotatable bonds is 1. The van der Waals surface area contributed by atoms with Crippen LogP contribution in [0.3, 0.4) is 0 Å². The molecular formula is C11H12N2O2. The van der Waals surface area contributed by atoms with Crippen molar-refractivity contribution < 1.29 is 15.7 Å². The normalized spacial score (nSPS) is 9.20. The Balaban J connectivity index is 0.000000531. The average Bonchev–Trinajstić information content (AvgIpc) is 2.31. The van der Waals surface area contributed by atoms with Crippen LogP contribution in [-0.4, -0.2) is 5.97 Å². The van der Waals surface area contributed by atoms with Crippen LogP contribution in [0.15, 0.2) is 42.5 Å². The van der Waals surface area contributed by atoms with Crippen molar-refractivity contribution in [3.05, 3.63) is 48.0 Å². The molecule has 0 atom stereocenters. The number of carbonyl (C=O) groups excluding carboxylic acids is 1. The van der Waals surface area contributed by atoms with Gasteiger partial charge in [-0.25, -0.2) is 0 Å². The quantitative estimate of drug-likeness (QED) is 0.475. The molecular weight excluding hydrogens is 192 g/mol. The van der Waals surface area contributed by atoms with Crippen LogP contribution in [0.1, 0.15) is 10.4 Å². The number of nitrogens with two attached hydrogens (primary N) is 1. The number of benzene rings is 2. The fraction of sp³-hybridized carbons (Fsp3) is 0. The molecule has 2 aromatic carbocycles. The van der Waals surface area contributed by atoms with Crippen LogP contribution in [0.25, 0.3) is 10.8 Å². The Bertz CT molecular complexity index is 464. The first-order chi connectivity index (χ1) is 7.29. The summed E-state index contributed by atoms with van der Waals surface area (Å²) in [5, 5.41) is 12.4. The number of carboxylic acids is 1. The van der Waals surface area contributed by atoms with Crippen molar-refractivity contribution in [1.82, 2.24) is 0 Å². The summed E-state index contributed by atoms with van der Waals surface area (Å²) in [5.74, 6) is 5.87. The standard InChI is InChI=1S/C11H8O2.H4N2/c12-11(13)10-7-3-5-8-4-1-2-6-9(8)10;1-2/h1-7H,(H,12,13);1-2H2. The monoisotopic (exact) mass is 204 g/mol. The molecule has 0 aliphatic carbocycles. The fourth-order valence-electron chi connectivity index (χ4n) is 1.40. The summed E-state index contributed by atoms with van der Waals surface area (Å²) in [6.07, 6.45) is 0. The molecule has 0 amide bonds. The second kappa shape index (κ2) is 5.09. The van der Waals surface area contributed by atoms with Crippen LogP contribution in [-0.2, 0) is 0 Å². The molecule has 2 aromatic rings. The molecule has 0 aliphatic rings. The number of aromatic carboxylic acids is 1. The second-order valence-electron chi connectivity index (χ2n) is 2.81. The summed E-state index contributed by atoms with van der Waals surface area (Å²) in [6, 6.07) is 12.5. The number of fused-ring (bicyclic) bond motifs is 1. The average molecular weight is 204 g/mol. The summed E-state index contributed by atoms with van der Waals surface area (Å²) >= 11 is 0. The zero-order chi connectivity index (χ0) is 11.3. The highest BCUT2D eigenvalue weighted by atomic mass is 16.4. The van der Waals surface area contributed by atoms with E-state index in [4.69, 9.17) is 0 Å². The van der Waals surface area contributed by atoms with Gasteiger partial charge in [-0.05, 0) is 10.8 Å². The third-order valence-corrected chi connectivity index (χ3v) is 2.01. The minimum Gasteiger partial charge on any atom is -0.545 e. The minimum atomic E-state index is -1.13. The predicted molar refractivity (Wildman–Crippen MR) is 55.4 cm³/mol. The first-order valence-electron chi connectivity index (χ1n) is 4.39. The highest BCUT2D eigenvalue weighted by molar-refractivity contribution is 6.02. The van der Waals surface area contributed by atoms with Crippen LogP contribution < -0.4 is 16.8 Å². The summed E-state index contributed by atoms with van der Waals surface area (Å²) in [6.45, 7) is 0. The highest BCUT2D eigenvalue weighted by Gasteiger charge is 1.98. The molecule has 0 aliphatic heterocycles. The van der Waals surface area contributed by atoms with Crippen molar-refractivity contribution in [2.75, 3.05) is 0 Å². The van der Waals surface area contributed by atoms with E-state index in [-0.39, 0.29) is 5.56 Å². The zero-order valence-electron chi connectivity index (χ0n) is 8.14. The smallest absolute Gasteiger partial charge is 0.0721 e. The van der Waals surface area contributed by atoms with Gasteiger partial charge < -0.3 is 9.90 Å². The van der Waals surface area contributed by atoms with E-state index in [1.54, 1.807) is 18.2 Å². The Kier molecular flexibility index (Phi) is 3.79. The molecule has 2 rings (SSSR count). The van der Waals surface area contributed by atoms with Crippen molar-refractivity contribution in [1.29, 1.82) is 0 Å². The topological polar surface area (TPSA) is 93.8 Å². The summed E-state index contributed by atoms with van der Waals surface area (Å²) in [7, 11) is 0. The molecule has 0 unspecified atom stereocenters. The van der Waals surface area contributed by atoms with Gasteiger partial charge >= 0.3 is 0 Å². The maximum atomic E-state index is 10.7. The van der Waals surface area contributed by atoms with Gasteiger partial charge in [0.25, 0.3) is 0 Å². The molecule has 0 bridgehead atoms. The third-order valence-electron chi connectivity index (χ3n) is 2.01. The molecule has 0 radical (unpaired) electrons. The van der Waals surface area contributed by atoms with Crippen molar-refractivity contribution in [3.63, 3.8) is 0 Å². The van der Waals surface area contributed by atoms with Crippen LogP contribution >= 0.6 is 0 Å². The third kappa shape index (κ3) is 2.31. The van der Waals surface area contributed by atoms with Crippen LogP contribution in [0.2, 0.25) is 0 Å². The number of carbonyl (C=O) groups is 1. The van der Waals surface area contributed by atoms with Gasteiger partial charge in [-0.3, -0.25) is 5.84 Å². The number of carboxylic acid groups (broad SMARTS) is 1. The number of hydrogen-bond acceptors (Lipinski definition) is 3. The Hall–Kier alpha value is -1.91. The summed E-state index contributed by atoms with van der Waals surface area (Å²) in [4.78, 5) is 10.7. The lowest BCUT2D eigenvalue weighted by molar-refractivity contribution is -0.379. The SMILES string of the molecule is N[NH3+].O=C([O-])c1cccc2ccccc12. The van der Waals surface area contributed by atoms with Gasteiger partial charge in [0.1, 0.15) is 0 Å². The summed E-state index contributed by atoms with van der Waals surface area (Å²) < 4.78 is 0. The van der Waals surface area contributed by atoms with Gasteiger partial charge in [0.15, 0.2) is 0 Å². The van der Waals surface area contributed by atoms with E-state index in [9.17, 15) is 9.90 Å². The van der Waals surface area contributed by atoms with E-state index in [0.29, 0.717) is 0 Å². The first kappa shape index (κ1) is 11.2. The van der Waals surface area contributed by atoms with E-state index in [1.165, 1.54) is 0 Å². The van der Waals surface area contributed by atoms with Crippen LogP contribution in [0, 0.1) is 0 Å². The summed E-state index contributed by atoms with van der Waals surface area (Å²) in [5.41, 5.74) is 0.248. The van der Waals surface area contributed by atoms with Crippen LogP contribution in [0.5, 0.6) is 0 Å². The second-order valence-corrected chi connectivity index (χ2v) is 2.81. The molecule has 0 aromatic heterocycles. The lowest BCUT2D eigenvalue weighted by Gasteiger charge is -2.05. The minimum absolute atomic E-state index is 0.248. The van der Waals surface area contributed by atoms with E-state index >= 15 is 0 Å². The van der Waals surface area contributed by atoms with Gasteiger partial charge in [-0.15, -0.1) is 0 Å². The Morgan fingerprint density at radius 3 is 2.33 bits per heavy atom. The molecule has 78 valence electrons. The highest BCUT2D eigenvalue weighted by Crippen LogP contribution is 2.17. The molecule has 4 nitrogen and oxygen atoms in total. The maximum Gasteiger partial charge on any atom is 0.0721 e. The molecule has 0 heterocycles. The van der Waals surface area contributed by atoms with E-state index in [0.717, 1.165) is 10.8 Å². The molecule has 0 saturated heterocycles. The molecule has 4 heteroatoms. The lowest BCUT2D eigenvalue weighted by atomic mass is 10.1. The van der Waals surface area contributed by atoms with E-state index in [1.807, 2.05) is 24.3 Å². The van der Waals surface area contributed by atoms with Gasteiger partial charge in [-0.2, -0.15) is 5.84 Å². The maximum absolute atomic E-state index is 10.7. The van der Waals surface area contributed by atoms with Crippen molar-refractivity contribution >= 4 is 16.7 Å². The zero-order valence-corrected chi connectivity index (χ0v) is 8.14. The van der Waals surface area contributed by atoms with Gasteiger partial charge in [0, 0.05) is 5.56 Å². The molecule has 0 fully saturated rings. The molecule has 15 heavy (non-hydrogen) atoms. The van der Waals surface area contributed by atoms with Crippen molar-refractivity contribution in [2.45, 2.75) is 0 Å². The van der Waals surface area contributed by atoms with Crippen molar-refractivity contribution in [2.24, 2.45) is 5.84 Å². The van der Waals surface area contributed by atoms with Gasteiger partial charge in [0.05, 0.1) is 5.97 Å². The Labute approximate surface area is 87.1 Å². The number of quaternary nitrogens is 1. The largest absolute Gasteiger partial charge is 0.545 e. The fourth-order valence-corrected chi connectivity index (χ4v) is 1.40. The Morgan fingerprint density at radius 1 is 1.07 bits per heavy atom. The van der Waals surface area contributed by atoms with E-state index in [2.05, 4.69) is 11.7 Å². The van der Waals surface area contributed by atoms with Crippen molar-refractivity contribution in [3.8, 4) is 0 Å². The predicted octanol–water partition coefficient (Wildman–Crippen LogP) is -0.695.